The molecule has 5 aliphatic heterocycles. The summed E-state index contributed by atoms with van der Waals surface area (Å²) in [4.78, 5) is 16.4. The third-order valence-corrected chi connectivity index (χ3v) is 12.4. The number of aliphatic hydroxyl groups excluding tert-OH is 1. The number of β-amino-alcohol motifs (C(OH)–C–C–N with tert-alkyl or cyclic N) is 1. The van der Waals surface area contributed by atoms with Gasteiger partial charge in [-0.3, -0.25) is 14.2 Å². The number of nitriles is 1. The van der Waals surface area contributed by atoms with Gasteiger partial charge in [-0.05, 0) is 55.5 Å². The number of halogens is 4. The SMILES string of the molecule is CF.N#Cc1c(N)sc2ccc(F)c(-c3c4c(c5c(N6C7CCC6CN(CCO)C7)nc(OC[C@@]67CCCN6CC(F)C7)nc5c3F)COC4)c12. The van der Waals surface area contributed by atoms with Crippen LogP contribution in [0.3, 0.4) is 0 Å². The minimum atomic E-state index is -0.938. The van der Waals surface area contributed by atoms with Crippen molar-refractivity contribution in [2.75, 3.05) is 63.7 Å². The number of rotatable bonds is 7. The fraction of sp³-hybridized carbons (Fsp3) is 0.528. The van der Waals surface area contributed by atoms with Crippen LogP contribution in [0, 0.1) is 23.0 Å². The third-order valence-electron chi connectivity index (χ3n) is 11.4. The van der Waals surface area contributed by atoms with Crippen LogP contribution in [-0.4, -0.2) is 102 Å². The van der Waals surface area contributed by atoms with Crippen LogP contribution in [-0.2, 0) is 18.0 Å². The largest absolute Gasteiger partial charge is 0.461 e. The first-order valence-corrected chi connectivity index (χ1v) is 18.2. The van der Waals surface area contributed by atoms with Crippen LogP contribution < -0.4 is 15.4 Å². The number of nitrogens with zero attached hydrogens (tertiary/aromatic N) is 6. The van der Waals surface area contributed by atoms with Gasteiger partial charge in [0.05, 0.1) is 43.5 Å². The molecule has 0 aliphatic carbocycles. The number of piperazine rings is 1. The fourth-order valence-electron chi connectivity index (χ4n) is 9.35. The summed E-state index contributed by atoms with van der Waals surface area (Å²) in [6.07, 6.45) is 2.98. The smallest absolute Gasteiger partial charge is 0.319 e. The third kappa shape index (κ3) is 5.40. The van der Waals surface area contributed by atoms with Gasteiger partial charge in [0.2, 0.25) is 0 Å². The molecule has 4 fully saturated rings. The van der Waals surface area contributed by atoms with Crippen LogP contribution in [0.5, 0.6) is 6.01 Å². The van der Waals surface area contributed by atoms with E-state index in [2.05, 4.69) is 20.8 Å². The van der Waals surface area contributed by atoms with E-state index in [1.54, 1.807) is 6.07 Å². The van der Waals surface area contributed by atoms with E-state index in [0.717, 1.165) is 56.7 Å². The Morgan fingerprint density at radius 3 is 2.61 bits per heavy atom. The average molecular weight is 726 g/mol. The fourth-order valence-corrected chi connectivity index (χ4v) is 10.3. The number of anilines is 2. The first kappa shape index (κ1) is 34.3. The van der Waals surface area contributed by atoms with Crippen molar-refractivity contribution < 1.29 is 32.1 Å². The minimum absolute atomic E-state index is 0.000336. The average Bonchev–Trinajstić information content (AvgIpc) is 3.93. The van der Waals surface area contributed by atoms with Gasteiger partial charge in [-0.1, -0.05) is 0 Å². The van der Waals surface area contributed by atoms with Crippen LogP contribution in [0.4, 0.5) is 28.4 Å². The molecule has 0 saturated carbocycles. The number of hydrogen-bond acceptors (Lipinski definition) is 11. The van der Waals surface area contributed by atoms with E-state index in [0.29, 0.717) is 53.7 Å². The monoisotopic (exact) mass is 725 g/mol. The van der Waals surface area contributed by atoms with Gasteiger partial charge >= 0.3 is 6.01 Å². The Labute approximate surface area is 296 Å². The molecule has 3 N–H and O–H groups in total. The lowest BCUT2D eigenvalue weighted by Crippen LogP contribution is -2.54. The second kappa shape index (κ2) is 13.3. The maximum atomic E-state index is 17.5. The van der Waals surface area contributed by atoms with Gasteiger partial charge in [0.1, 0.15) is 41.0 Å². The number of alkyl halides is 2. The van der Waals surface area contributed by atoms with Crippen molar-refractivity contribution in [2.24, 2.45) is 0 Å². The maximum Gasteiger partial charge on any atom is 0.319 e. The van der Waals surface area contributed by atoms with Crippen molar-refractivity contribution in [1.29, 1.82) is 5.26 Å². The van der Waals surface area contributed by atoms with E-state index >= 15 is 8.78 Å². The lowest BCUT2D eigenvalue weighted by Gasteiger charge is -2.42. The first-order valence-electron chi connectivity index (χ1n) is 17.3. The van der Waals surface area contributed by atoms with Gasteiger partial charge in [0.25, 0.3) is 0 Å². The molecule has 2 bridgehead atoms. The molecule has 51 heavy (non-hydrogen) atoms. The normalized spacial score (nSPS) is 25.7. The summed E-state index contributed by atoms with van der Waals surface area (Å²) in [6.45, 7) is 3.62. The number of benzene rings is 2. The van der Waals surface area contributed by atoms with E-state index in [-0.39, 0.29) is 77.1 Å². The summed E-state index contributed by atoms with van der Waals surface area (Å²) < 4.78 is 70.5. The molecule has 5 aliphatic rings. The van der Waals surface area contributed by atoms with E-state index in [1.807, 2.05) is 0 Å². The molecular weight excluding hydrogens is 687 g/mol. The number of nitrogen functional groups attached to an aromatic ring is 1. The molecule has 10 nitrogen and oxygen atoms in total. The van der Waals surface area contributed by atoms with Crippen molar-refractivity contribution >= 4 is 43.1 Å². The summed E-state index contributed by atoms with van der Waals surface area (Å²) in [5.41, 5.74) is 6.95. The van der Waals surface area contributed by atoms with Gasteiger partial charge < -0.3 is 25.2 Å². The molecule has 9 rings (SSSR count). The van der Waals surface area contributed by atoms with E-state index in [4.69, 9.17) is 25.2 Å². The van der Waals surface area contributed by atoms with Gasteiger partial charge in [0.15, 0.2) is 5.82 Å². The molecule has 0 radical (unpaired) electrons. The van der Waals surface area contributed by atoms with Crippen LogP contribution in [0.2, 0.25) is 0 Å². The number of fused-ring (bicyclic) bond motifs is 7. The maximum absolute atomic E-state index is 17.5. The lowest BCUT2D eigenvalue weighted by molar-refractivity contribution is 0.107. The van der Waals surface area contributed by atoms with Gasteiger partial charge in [-0.15, -0.1) is 11.3 Å². The van der Waals surface area contributed by atoms with Gasteiger partial charge in [-0.25, -0.2) is 13.2 Å². The first-order chi connectivity index (χ1) is 24.8. The zero-order valence-corrected chi connectivity index (χ0v) is 29.0. The van der Waals surface area contributed by atoms with Crippen molar-refractivity contribution in [3.8, 4) is 23.2 Å². The van der Waals surface area contributed by atoms with Gasteiger partial charge in [-0.2, -0.15) is 15.2 Å². The molecular formula is C36H39F4N7O3S. The molecule has 15 heteroatoms. The number of hydrogen-bond donors (Lipinski definition) is 2. The number of ether oxygens (including phenoxy) is 2. The molecule has 0 amide bonds. The quantitative estimate of drug-likeness (QED) is 0.238. The Kier molecular flexibility index (Phi) is 8.95. The molecule has 7 heterocycles. The number of likely N-dealkylation sites (tertiary alicyclic amines) is 1. The van der Waals surface area contributed by atoms with Crippen molar-refractivity contribution in [3.05, 3.63) is 40.5 Å². The Morgan fingerprint density at radius 1 is 1.10 bits per heavy atom. The highest BCUT2D eigenvalue weighted by molar-refractivity contribution is 7.23. The second-order valence-corrected chi connectivity index (χ2v) is 15.2. The molecule has 4 aromatic rings. The summed E-state index contributed by atoms with van der Waals surface area (Å²) in [5.74, 6) is -0.875. The predicted octanol–water partition coefficient (Wildman–Crippen LogP) is 5.46. The molecule has 270 valence electrons. The number of aliphatic hydroxyl groups is 1. The molecule has 2 aromatic heterocycles. The number of thiophene rings is 1. The van der Waals surface area contributed by atoms with Crippen molar-refractivity contribution in [1.82, 2.24) is 19.8 Å². The standard InChI is InChI=1S/C35H36F3N7O3S.CH3F/c36-18-10-35(6-1-7-44(35)12-18)17-48-34-41-31-28(33(42-34)45-19-2-3-20(45)14-43(13-19)8-9-46)23-16-47-15-22(23)27(30(31)38)29-24(37)4-5-25-26(29)21(11-39)32(40)49-25;1-2/h4-5,18-20,46H,1-3,6-10,12-17,40H2;1H3/t18?,19?,20?,35-;/m0./s1. The molecule has 3 unspecified atom stereocenters. The van der Waals surface area contributed by atoms with Crippen LogP contribution in [0.1, 0.15) is 48.8 Å². The topological polar surface area (TPSA) is 124 Å². The highest BCUT2D eigenvalue weighted by Gasteiger charge is 2.50. The lowest BCUT2D eigenvalue weighted by atomic mass is 9.90. The highest BCUT2D eigenvalue weighted by atomic mass is 32.1. The zero-order valence-electron chi connectivity index (χ0n) is 28.2. The molecule has 0 spiro atoms. The predicted molar refractivity (Wildman–Crippen MR) is 186 cm³/mol. The number of nitrogens with two attached hydrogens (primary N) is 1. The van der Waals surface area contributed by atoms with Gasteiger partial charge in [0, 0.05) is 65.9 Å². The minimum Gasteiger partial charge on any atom is -0.461 e. The Balaban J connectivity index is 0.00000184. The van der Waals surface area contributed by atoms with Crippen molar-refractivity contribution in [3.63, 3.8) is 0 Å². The van der Waals surface area contributed by atoms with Crippen LogP contribution >= 0.6 is 11.3 Å². The molecule has 4 atom stereocenters. The molecule has 2 aromatic carbocycles. The Morgan fingerprint density at radius 2 is 1.86 bits per heavy atom. The summed E-state index contributed by atoms with van der Waals surface area (Å²) >= 11 is 1.16. The van der Waals surface area contributed by atoms with Crippen LogP contribution in [0.25, 0.3) is 32.1 Å². The Bertz CT molecular complexity index is 2050. The van der Waals surface area contributed by atoms with Crippen molar-refractivity contribution in [2.45, 2.75) is 69.1 Å². The van der Waals surface area contributed by atoms with E-state index in [9.17, 15) is 19.1 Å². The number of aromatic nitrogens is 2. The Hall–Kier alpha value is -3.81. The summed E-state index contributed by atoms with van der Waals surface area (Å²) in [6, 6.07) is 5.06. The zero-order chi connectivity index (χ0) is 35.6. The summed E-state index contributed by atoms with van der Waals surface area (Å²) in [7, 11) is 0.500. The van der Waals surface area contributed by atoms with E-state index < -0.39 is 23.3 Å². The highest BCUT2D eigenvalue weighted by Crippen LogP contribution is 2.49. The molecule has 4 saturated heterocycles. The second-order valence-electron chi connectivity index (χ2n) is 14.1. The van der Waals surface area contributed by atoms with E-state index in [1.165, 1.54) is 6.07 Å². The summed E-state index contributed by atoms with van der Waals surface area (Å²) in [5, 5.41) is 20.7. The van der Waals surface area contributed by atoms with Crippen LogP contribution in [0.15, 0.2) is 12.1 Å².